The number of rotatable bonds is 7. The van der Waals surface area contributed by atoms with E-state index in [-0.39, 0.29) is 30.8 Å². The number of benzene rings is 1. The highest BCUT2D eigenvalue weighted by Gasteiger charge is 2.26. The number of nitrogens with zero attached hydrogens (tertiary/aromatic N) is 1. The molecule has 1 aromatic rings. The number of hydrogen-bond acceptors (Lipinski definition) is 7. The third-order valence-electron chi connectivity index (χ3n) is 4.22. The summed E-state index contributed by atoms with van der Waals surface area (Å²) >= 11 is 0. The minimum absolute atomic E-state index is 0.159. The van der Waals surface area contributed by atoms with Gasteiger partial charge in [0.05, 0.1) is 17.7 Å². The van der Waals surface area contributed by atoms with Gasteiger partial charge in [-0.3, -0.25) is 4.79 Å². The van der Waals surface area contributed by atoms with Crippen LogP contribution in [0.3, 0.4) is 0 Å². The Morgan fingerprint density at radius 1 is 1.24 bits per heavy atom. The van der Waals surface area contributed by atoms with E-state index in [1.54, 1.807) is 26.0 Å². The predicted molar refractivity (Wildman–Crippen MR) is 104 cm³/mol. The maximum atomic E-state index is 12.5. The Hall–Kier alpha value is -3.02. The van der Waals surface area contributed by atoms with Gasteiger partial charge < -0.3 is 19.5 Å². The Kier molecular flexibility index (Phi) is 8.07. The molecule has 0 saturated carbocycles. The molecule has 2 unspecified atom stereocenters. The molecule has 153 valence electrons. The van der Waals surface area contributed by atoms with Crippen molar-refractivity contribution in [2.24, 2.45) is 0 Å². The summed E-state index contributed by atoms with van der Waals surface area (Å²) in [5.41, 5.74) is 2.14. The van der Waals surface area contributed by atoms with E-state index < -0.39 is 18.4 Å². The van der Waals surface area contributed by atoms with Gasteiger partial charge in [-0.2, -0.15) is 5.26 Å². The summed E-state index contributed by atoms with van der Waals surface area (Å²) in [4.78, 5) is 35.9. The molecule has 1 aromatic carbocycles. The average molecular weight is 399 g/mol. The minimum atomic E-state index is -1.09. The molecule has 2 rings (SSSR count). The van der Waals surface area contributed by atoms with E-state index >= 15 is 0 Å². The Morgan fingerprint density at radius 3 is 2.69 bits per heavy atom. The molecule has 0 aliphatic carbocycles. The van der Waals surface area contributed by atoms with Crippen molar-refractivity contribution in [3.05, 3.63) is 34.9 Å². The van der Waals surface area contributed by atoms with Crippen molar-refractivity contribution in [3.8, 4) is 6.07 Å². The zero-order valence-corrected chi connectivity index (χ0v) is 16.8. The van der Waals surface area contributed by atoms with Crippen molar-refractivity contribution in [2.45, 2.75) is 64.7 Å². The second kappa shape index (κ2) is 10.5. The fraction of sp³-hybridized carbons (Fsp3) is 0.500. The molecule has 1 aliphatic heterocycles. The Bertz CT molecular complexity index is 805. The standard InChI is InChI=1S/C20H24BN2O6/c1-12(2)27-20(26)29-13(3)28-19(25)15-7-4-6-14-10-17(21-11-16(14)15)23-18(24)8-5-9-22/h4,6-7,12-13,17H,5,8,10-11H2,1-3H3,(H,23,24). The third-order valence-corrected chi connectivity index (χ3v) is 4.22. The number of carbonyl (C=O) groups excluding carboxylic acids is 3. The lowest BCUT2D eigenvalue weighted by Gasteiger charge is -2.26. The maximum Gasteiger partial charge on any atom is 0.511 e. The summed E-state index contributed by atoms with van der Waals surface area (Å²) in [6, 6.07) is 7.24. The summed E-state index contributed by atoms with van der Waals surface area (Å²) in [6.07, 6.45) is -0.970. The lowest BCUT2D eigenvalue weighted by atomic mass is 9.57. The molecule has 1 radical (unpaired) electrons. The molecule has 2 atom stereocenters. The summed E-state index contributed by atoms with van der Waals surface area (Å²) in [6.45, 7) is 4.81. The van der Waals surface area contributed by atoms with Gasteiger partial charge in [0.25, 0.3) is 0 Å². The second-order valence-electron chi connectivity index (χ2n) is 6.93. The van der Waals surface area contributed by atoms with E-state index in [9.17, 15) is 14.4 Å². The van der Waals surface area contributed by atoms with E-state index in [2.05, 4.69) is 5.32 Å². The molecule has 1 amide bonds. The van der Waals surface area contributed by atoms with Gasteiger partial charge in [0, 0.05) is 25.7 Å². The lowest BCUT2D eigenvalue weighted by molar-refractivity contribution is -0.121. The van der Waals surface area contributed by atoms with Gasteiger partial charge in [0.15, 0.2) is 0 Å². The fourth-order valence-corrected chi connectivity index (χ4v) is 2.99. The van der Waals surface area contributed by atoms with Crippen LogP contribution in [0.5, 0.6) is 0 Å². The maximum absolute atomic E-state index is 12.5. The predicted octanol–water partition coefficient (Wildman–Crippen LogP) is 2.26. The SMILES string of the molecule is CC(C)OC(=O)OC(C)OC(=O)c1cccc2c1C[B]C(NC(=O)CCC#N)C2. The van der Waals surface area contributed by atoms with Gasteiger partial charge in [-0.1, -0.05) is 18.5 Å². The molecule has 0 bridgehead atoms. The number of carbonyl (C=O) groups is 3. The highest BCUT2D eigenvalue weighted by atomic mass is 16.8. The third kappa shape index (κ3) is 6.82. The van der Waals surface area contributed by atoms with E-state index in [0.29, 0.717) is 18.3 Å². The minimum Gasteiger partial charge on any atom is -0.431 e. The van der Waals surface area contributed by atoms with Crippen LogP contribution in [0.1, 0.15) is 55.1 Å². The summed E-state index contributed by atoms with van der Waals surface area (Å²) < 4.78 is 15.0. The number of amides is 1. The number of nitriles is 1. The van der Waals surface area contributed by atoms with E-state index in [1.807, 2.05) is 19.4 Å². The van der Waals surface area contributed by atoms with Crippen molar-refractivity contribution in [2.75, 3.05) is 0 Å². The molecule has 9 heteroatoms. The largest absolute Gasteiger partial charge is 0.511 e. The first-order chi connectivity index (χ1) is 13.8. The molecule has 0 aromatic heterocycles. The van der Waals surface area contributed by atoms with Gasteiger partial charge >= 0.3 is 12.1 Å². The van der Waals surface area contributed by atoms with Crippen molar-refractivity contribution in [3.63, 3.8) is 0 Å². The summed E-state index contributed by atoms with van der Waals surface area (Å²) in [5.74, 6) is -0.935. The normalized spacial score (nSPS) is 15.9. The van der Waals surface area contributed by atoms with Crippen LogP contribution in [-0.4, -0.2) is 43.6 Å². The Labute approximate surface area is 170 Å². The van der Waals surface area contributed by atoms with Crippen LogP contribution in [-0.2, 0) is 31.7 Å². The number of nitrogens with one attached hydrogen (secondary N) is 1. The van der Waals surface area contributed by atoms with Crippen LogP contribution in [0.4, 0.5) is 4.79 Å². The first kappa shape index (κ1) is 22.3. The number of esters is 1. The van der Waals surface area contributed by atoms with Crippen LogP contribution in [0.15, 0.2) is 18.2 Å². The topological polar surface area (TPSA) is 115 Å². The van der Waals surface area contributed by atoms with Gasteiger partial charge in [-0.15, -0.1) is 0 Å². The first-order valence-electron chi connectivity index (χ1n) is 9.48. The molecule has 0 spiro atoms. The van der Waals surface area contributed by atoms with Crippen molar-refractivity contribution in [1.82, 2.24) is 5.32 Å². The smallest absolute Gasteiger partial charge is 0.431 e. The molecule has 0 saturated heterocycles. The van der Waals surface area contributed by atoms with Gasteiger partial charge in [0.1, 0.15) is 7.28 Å². The van der Waals surface area contributed by atoms with Gasteiger partial charge in [-0.25, -0.2) is 9.59 Å². The lowest BCUT2D eigenvalue weighted by Crippen LogP contribution is -2.44. The van der Waals surface area contributed by atoms with Crippen molar-refractivity contribution in [1.29, 1.82) is 5.26 Å². The van der Waals surface area contributed by atoms with Gasteiger partial charge in [-0.05, 0) is 37.5 Å². The quantitative estimate of drug-likeness (QED) is 0.425. The highest BCUT2D eigenvalue weighted by molar-refractivity contribution is 6.38. The van der Waals surface area contributed by atoms with Crippen molar-refractivity contribution >= 4 is 25.3 Å². The fourth-order valence-electron chi connectivity index (χ4n) is 2.99. The van der Waals surface area contributed by atoms with Crippen LogP contribution in [0.25, 0.3) is 0 Å². The number of ether oxygens (including phenoxy) is 3. The molecular formula is C20H24BN2O6. The monoisotopic (exact) mass is 399 g/mol. The van der Waals surface area contributed by atoms with E-state index in [0.717, 1.165) is 11.1 Å². The Balaban J connectivity index is 1.98. The summed E-state index contributed by atoms with van der Waals surface area (Å²) in [5, 5.41) is 11.4. The number of hydrogen-bond donors (Lipinski definition) is 1. The molecule has 8 nitrogen and oxygen atoms in total. The van der Waals surface area contributed by atoms with Crippen molar-refractivity contribution < 1.29 is 28.6 Å². The molecule has 1 heterocycles. The zero-order valence-electron chi connectivity index (χ0n) is 16.8. The number of fused-ring (bicyclic) bond motifs is 1. The molecular weight excluding hydrogens is 375 g/mol. The van der Waals surface area contributed by atoms with Crippen LogP contribution < -0.4 is 5.32 Å². The highest BCUT2D eigenvalue weighted by Crippen LogP contribution is 2.23. The van der Waals surface area contributed by atoms with Crippen LogP contribution in [0.2, 0.25) is 0 Å². The molecule has 29 heavy (non-hydrogen) atoms. The second-order valence-corrected chi connectivity index (χ2v) is 6.93. The Morgan fingerprint density at radius 2 is 2.00 bits per heavy atom. The molecule has 1 N–H and O–H groups in total. The first-order valence-corrected chi connectivity index (χ1v) is 9.48. The zero-order chi connectivity index (χ0) is 21.4. The average Bonchev–Trinajstić information content (AvgIpc) is 2.64. The van der Waals surface area contributed by atoms with E-state index in [4.69, 9.17) is 19.5 Å². The summed E-state index contributed by atoms with van der Waals surface area (Å²) in [7, 11) is 1.92. The van der Waals surface area contributed by atoms with Crippen LogP contribution in [0, 0.1) is 11.3 Å². The molecule has 1 aliphatic rings. The van der Waals surface area contributed by atoms with Gasteiger partial charge in [0.2, 0.25) is 12.2 Å². The van der Waals surface area contributed by atoms with Crippen LogP contribution >= 0.6 is 0 Å². The molecule has 0 fully saturated rings. The van der Waals surface area contributed by atoms with E-state index in [1.165, 1.54) is 6.92 Å².